The molecule has 4 unspecified atom stereocenters. The van der Waals surface area contributed by atoms with E-state index in [4.69, 9.17) is 0 Å². The van der Waals surface area contributed by atoms with Gasteiger partial charge in [0.1, 0.15) is 12.2 Å². The van der Waals surface area contributed by atoms with Crippen LogP contribution >= 0.6 is 0 Å². The number of aliphatic hydroxyl groups is 4. The molecule has 0 aliphatic heterocycles. The molecule has 0 rings (SSSR count). The van der Waals surface area contributed by atoms with Crippen LogP contribution in [-0.2, 0) is 4.79 Å². The quantitative estimate of drug-likeness (QED) is 0.0312. The highest BCUT2D eigenvalue weighted by molar-refractivity contribution is 5.80. The van der Waals surface area contributed by atoms with Crippen molar-refractivity contribution in [2.24, 2.45) is 0 Å². The standard InChI is InChI=1S/C50H95NO5/c1-3-5-7-9-11-13-14-15-16-17-18-19-20-21-22-23-24-25-26-27-28-29-30-31-32-33-34-35-36-38-40-42-44-48(54)50(56)51-46(45-52)49(55)47(53)43-41-39-37-12-10-8-6-4-2/h12,18-19,21-22,37,46-49,52-55H,3-11,13-17,20,23-36,38-45H2,1-2H3,(H,51,56)/b19-18-,22-21-,37-12+. The van der Waals surface area contributed by atoms with Crippen LogP contribution in [-0.4, -0.2) is 57.3 Å². The molecule has 0 radical (unpaired) electrons. The lowest BCUT2D eigenvalue weighted by molar-refractivity contribution is -0.132. The molecule has 1 amide bonds. The summed E-state index contributed by atoms with van der Waals surface area (Å²) in [6, 6.07) is -0.999. The Bertz CT molecular complexity index is 889. The number of hydrogen-bond donors (Lipinski definition) is 5. The average Bonchev–Trinajstić information content (AvgIpc) is 3.20. The molecule has 0 fully saturated rings. The van der Waals surface area contributed by atoms with Gasteiger partial charge in [0.25, 0.3) is 0 Å². The molecular weight excluding hydrogens is 695 g/mol. The summed E-state index contributed by atoms with van der Waals surface area (Å²) in [6.45, 7) is 3.98. The summed E-state index contributed by atoms with van der Waals surface area (Å²) in [5, 5.41) is 43.4. The van der Waals surface area contributed by atoms with Gasteiger partial charge in [-0.1, -0.05) is 211 Å². The fraction of sp³-hybridized carbons (Fsp3) is 0.860. The Kier molecular flexibility index (Phi) is 43.5. The predicted octanol–water partition coefficient (Wildman–Crippen LogP) is 13.3. The Morgan fingerprint density at radius 2 is 0.786 bits per heavy atom. The highest BCUT2D eigenvalue weighted by Gasteiger charge is 2.28. The molecule has 0 bridgehead atoms. The molecule has 5 N–H and O–H groups in total. The van der Waals surface area contributed by atoms with Crippen LogP contribution in [0.5, 0.6) is 0 Å². The maximum absolute atomic E-state index is 12.5. The van der Waals surface area contributed by atoms with Gasteiger partial charge in [-0.2, -0.15) is 0 Å². The van der Waals surface area contributed by atoms with Gasteiger partial charge in [-0.15, -0.1) is 0 Å². The fourth-order valence-electron chi connectivity index (χ4n) is 7.44. The van der Waals surface area contributed by atoms with Crippen LogP contribution in [0.25, 0.3) is 0 Å². The second-order valence-electron chi connectivity index (χ2n) is 16.8. The normalized spacial score (nSPS) is 14.3. The number of carbonyl (C=O) groups excluding carboxylic acids is 1. The number of unbranched alkanes of at least 4 members (excludes halogenated alkanes) is 29. The van der Waals surface area contributed by atoms with E-state index in [-0.39, 0.29) is 0 Å². The van der Waals surface area contributed by atoms with E-state index in [2.05, 4.69) is 55.6 Å². The van der Waals surface area contributed by atoms with E-state index in [1.807, 2.05) is 0 Å². The minimum atomic E-state index is -1.28. The van der Waals surface area contributed by atoms with Gasteiger partial charge in [0.2, 0.25) is 5.91 Å². The number of rotatable bonds is 44. The Balaban J connectivity index is 3.55. The molecule has 0 aromatic rings. The van der Waals surface area contributed by atoms with Crippen molar-refractivity contribution < 1.29 is 25.2 Å². The number of amides is 1. The third kappa shape index (κ3) is 38.1. The van der Waals surface area contributed by atoms with Crippen LogP contribution in [0.2, 0.25) is 0 Å². The van der Waals surface area contributed by atoms with Crippen LogP contribution in [0.15, 0.2) is 36.5 Å². The van der Waals surface area contributed by atoms with Crippen molar-refractivity contribution >= 4 is 5.91 Å². The smallest absolute Gasteiger partial charge is 0.249 e. The molecule has 0 saturated carbocycles. The van der Waals surface area contributed by atoms with Crippen molar-refractivity contribution in [3.8, 4) is 0 Å². The van der Waals surface area contributed by atoms with E-state index in [0.29, 0.717) is 19.3 Å². The fourth-order valence-corrected chi connectivity index (χ4v) is 7.44. The highest BCUT2D eigenvalue weighted by Crippen LogP contribution is 2.16. The molecule has 0 heterocycles. The number of nitrogens with one attached hydrogen (secondary N) is 1. The Morgan fingerprint density at radius 1 is 0.446 bits per heavy atom. The molecule has 0 aliphatic rings. The lowest BCUT2D eigenvalue weighted by atomic mass is 10.00. The zero-order valence-corrected chi connectivity index (χ0v) is 37.1. The first-order chi connectivity index (χ1) is 27.5. The lowest BCUT2D eigenvalue weighted by Crippen LogP contribution is -2.53. The van der Waals surface area contributed by atoms with Gasteiger partial charge < -0.3 is 25.7 Å². The van der Waals surface area contributed by atoms with Gasteiger partial charge in [0, 0.05) is 0 Å². The van der Waals surface area contributed by atoms with E-state index in [1.165, 1.54) is 173 Å². The van der Waals surface area contributed by atoms with Crippen molar-refractivity contribution in [1.29, 1.82) is 0 Å². The van der Waals surface area contributed by atoms with Gasteiger partial charge in [-0.05, 0) is 70.6 Å². The first-order valence-corrected chi connectivity index (χ1v) is 24.4. The zero-order chi connectivity index (χ0) is 41.0. The largest absolute Gasteiger partial charge is 0.394 e. The summed E-state index contributed by atoms with van der Waals surface area (Å²) in [7, 11) is 0. The van der Waals surface area contributed by atoms with Crippen LogP contribution < -0.4 is 5.32 Å². The number of allylic oxidation sites excluding steroid dienone is 6. The molecule has 56 heavy (non-hydrogen) atoms. The van der Waals surface area contributed by atoms with Crippen molar-refractivity contribution in [3.63, 3.8) is 0 Å². The van der Waals surface area contributed by atoms with E-state index < -0.39 is 36.9 Å². The van der Waals surface area contributed by atoms with Gasteiger partial charge in [0.05, 0.1) is 18.8 Å². The molecule has 0 saturated heterocycles. The second-order valence-corrected chi connectivity index (χ2v) is 16.8. The number of aliphatic hydroxyl groups excluding tert-OH is 4. The number of hydrogen-bond acceptors (Lipinski definition) is 5. The van der Waals surface area contributed by atoms with E-state index in [0.717, 1.165) is 38.5 Å². The van der Waals surface area contributed by atoms with Crippen molar-refractivity contribution in [2.75, 3.05) is 6.61 Å². The minimum absolute atomic E-state index is 0.363. The first kappa shape index (κ1) is 54.5. The van der Waals surface area contributed by atoms with Crippen LogP contribution in [0.1, 0.15) is 245 Å². The molecular formula is C50H95NO5. The molecule has 330 valence electrons. The molecule has 6 heteroatoms. The monoisotopic (exact) mass is 790 g/mol. The first-order valence-electron chi connectivity index (χ1n) is 24.4. The van der Waals surface area contributed by atoms with E-state index in [9.17, 15) is 25.2 Å². The van der Waals surface area contributed by atoms with Crippen molar-refractivity contribution in [3.05, 3.63) is 36.5 Å². The average molecular weight is 790 g/mol. The molecule has 0 spiro atoms. The Morgan fingerprint density at radius 3 is 1.21 bits per heavy atom. The van der Waals surface area contributed by atoms with E-state index >= 15 is 0 Å². The molecule has 4 atom stereocenters. The van der Waals surface area contributed by atoms with Gasteiger partial charge in [-0.3, -0.25) is 4.79 Å². The summed E-state index contributed by atoms with van der Waals surface area (Å²) < 4.78 is 0. The third-order valence-corrected chi connectivity index (χ3v) is 11.3. The summed E-state index contributed by atoms with van der Waals surface area (Å²) in [4.78, 5) is 12.5. The highest BCUT2D eigenvalue weighted by atomic mass is 16.3. The van der Waals surface area contributed by atoms with Crippen molar-refractivity contribution in [1.82, 2.24) is 5.32 Å². The van der Waals surface area contributed by atoms with Gasteiger partial charge in [0.15, 0.2) is 0 Å². The summed E-state index contributed by atoms with van der Waals surface area (Å²) >= 11 is 0. The maximum atomic E-state index is 12.5. The third-order valence-electron chi connectivity index (χ3n) is 11.3. The minimum Gasteiger partial charge on any atom is -0.394 e. The van der Waals surface area contributed by atoms with Crippen LogP contribution in [0.4, 0.5) is 0 Å². The van der Waals surface area contributed by atoms with Crippen molar-refractivity contribution in [2.45, 2.75) is 269 Å². The van der Waals surface area contributed by atoms with Crippen LogP contribution in [0, 0.1) is 0 Å². The molecule has 0 aromatic carbocycles. The Hall–Kier alpha value is -1.47. The summed E-state index contributed by atoms with van der Waals surface area (Å²) in [5.41, 5.74) is 0. The Labute approximate surface area is 347 Å². The predicted molar refractivity (Wildman–Crippen MR) is 242 cm³/mol. The van der Waals surface area contributed by atoms with E-state index in [1.54, 1.807) is 0 Å². The zero-order valence-electron chi connectivity index (χ0n) is 37.1. The SMILES string of the molecule is CCCCC/C=C/CCCC(O)C(O)C(CO)NC(=O)C(O)CCCCCCCCCCCCCCCCCC/C=C\C/C=C\CCCCCCCCCCC. The maximum Gasteiger partial charge on any atom is 0.249 e. The molecule has 6 nitrogen and oxygen atoms in total. The van der Waals surface area contributed by atoms with Gasteiger partial charge in [-0.25, -0.2) is 0 Å². The molecule has 0 aromatic heterocycles. The van der Waals surface area contributed by atoms with Crippen LogP contribution in [0.3, 0.4) is 0 Å². The summed E-state index contributed by atoms with van der Waals surface area (Å²) in [5.74, 6) is -0.595. The lowest BCUT2D eigenvalue weighted by Gasteiger charge is -2.27. The number of carbonyl (C=O) groups is 1. The second kappa shape index (κ2) is 44.6. The summed E-state index contributed by atoms with van der Waals surface area (Å²) in [6.07, 6.45) is 53.7. The molecule has 0 aliphatic carbocycles. The van der Waals surface area contributed by atoms with Gasteiger partial charge >= 0.3 is 0 Å². The topological polar surface area (TPSA) is 110 Å².